The van der Waals surface area contributed by atoms with Gasteiger partial charge in [0, 0.05) is 5.56 Å². The van der Waals surface area contributed by atoms with Gasteiger partial charge in [0.05, 0.1) is 18.2 Å². The number of aliphatic hydroxyl groups is 1. The van der Waals surface area contributed by atoms with Crippen molar-refractivity contribution in [1.82, 2.24) is 20.1 Å². The highest BCUT2D eigenvalue weighted by Gasteiger charge is 2.29. The van der Waals surface area contributed by atoms with E-state index in [2.05, 4.69) is 20.7 Å². The van der Waals surface area contributed by atoms with Gasteiger partial charge in [-0.25, -0.2) is 4.68 Å². The third-order valence-electron chi connectivity index (χ3n) is 5.18. The molecule has 0 spiro atoms. The number of anilines is 1. The van der Waals surface area contributed by atoms with Crippen LogP contribution >= 0.6 is 11.3 Å². The second kappa shape index (κ2) is 9.15. The molecule has 2 amide bonds. The molecule has 0 saturated heterocycles. The molecule has 0 radical (unpaired) electrons. The highest BCUT2D eigenvalue weighted by molar-refractivity contribution is 7.22. The number of hydrogen-bond donors (Lipinski definition) is 3. The van der Waals surface area contributed by atoms with Gasteiger partial charge in [-0.15, -0.1) is 0 Å². The first kappa shape index (κ1) is 22.9. The molecule has 0 aliphatic carbocycles. The Bertz CT molecular complexity index is 1070. The Balaban J connectivity index is 1.96. The van der Waals surface area contributed by atoms with Crippen LogP contribution in [0.1, 0.15) is 61.9 Å². The molecular formula is C22H29N5O3S. The largest absolute Gasteiger partial charge is 0.394 e. The summed E-state index contributed by atoms with van der Waals surface area (Å²) in [5.41, 5.74) is 0.884. The number of thiazole rings is 1. The SMILES string of the molecule is CC[C@H](C)[C@@H](CO)NC(=O)c1nn(C(C)(C)C)c2nc(NC(=O)c3ccccc3)sc12. The van der Waals surface area contributed by atoms with Gasteiger partial charge in [0.25, 0.3) is 11.8 Å². The number of hydrogen-bond acceptors (Lipinski definition) is 6. The number of nitrogens with zero attached hydrogens (tertiary/aromatic N) is 3. The van der Waals surface area contributed by atoms with E-state index >= 15 is 0 Å². The molecule has 2 atom stereocenters. The number of aliphatic hydroxyl groups excluding tert-OH is 1. The first-order valence-electron chi connectivity index (χ1n) is 10.3. The molecule has 3 aromatic rings. The van der Waals surface area contributed by atoms with Crippen molar-refractivity contribution < 1.29 is 14.7 Å². The molecule has 1 aromatic carbocycles. The van der Waals surface area contributed by atoms with Gasteiger partial charge in [-0.3, -0.25) is 14.9 Å². The van der Waals surface area contributed by atoms with Crippen LogP contribution < -0.4 is 10.6 Å². The molecule has 8 nitrogen and oxygen atoms in total. The van der Waals surface area contributed by atoms with E-state index in [-0.39, 0.29) is 36.1 Å². The lowest BCUT2D eigenvalue weighted by Gasteiger charge is -2.22. The Morgan fingerprint density at radius 1 is 1.19 bits per heavy atom. The topological polar surface area (TPSA) is 109 Å². The maximum Gasteiger partial charge on any atom is 0.273 e. The Morgan fingerprint density at radius 3 is 2.45 bits per heavy atom. The molecule has 0 fully saturated rings. The average molecular weight is 444 g/mol. The summed E-state index contributed by atoms with van der Waals surface area (Å²) in [6.45, 7) is 9.76. The minimum atomic E-state index is -0.418. The maximum absolute atomic E-state index is 13.0. The Labute approximate surface area is 185 Å². The van der Waals surface area contributed by atoms with Crippen LogP contribution in [-0.2, 0) is 5.54 Å². The number of fused-ring (bicyclic) bond motifs is 1. The van der Waals surface area contributed by atoms with Crippen LogP contribution in [0.3, 0.4) is 0 Å². The number of aromatic nitrogens is 3. The van der Waals surface area contributed by atoms with Crippen molar-refractivity contribution in [2.24, 2.45) is 5.92 Å². The van der Waals surface area contributed by atoms with Gasteiger partial charge in [0.2, 0.25) is 0 Å². The highest BCUT2D eigenvalue weighted by atomic mass is 32.1. The molecule has 9 heteroatoms. The van der Waals surface area contributed by atoms with E-state index in [1.54, 1.807) is 28.9 Å². The highest BCUT2D eigenvalue weighted by Crippen LogP contribution is 2.32. The molecule has 31 heavy (non-hydrogen) atoms. The van der Waals surface area contributed by atoms with Crippen molar-refractivity contribution >= 4 is 38.6 Å². The van der Waals surface area contributed by atoms with Gasteiger partial charge >= 0.3 is 0 Å². The normalized spacial score (nSPS) is 13.7. The summed E-state index contributed by atoms with van der Waals surface area (Å²) >= 11 is 1.21. The van der Waals surface area contributed by atoms with Gasteiger partial charge in [0.1, 0.15) is 4.70 Å². The molecule has 166 valence electrons. The maximum atomic E-state index is 13.0. The molecule has 0 bridgehead atoms. The predicted molar refractivity (Wildman–Crippen MR) is 123 cm³/mol. The number of carbonyl (C=O) groups excluding carboxylic acids is 2. The summed E-state index contributed by atoms with van der Waals surface area (Å²) in [6.07, 6.45) is 0.827. The van der Waals surface area contributed by atoms with Crippen molar-refractivity contribution in [3.05, 3.63) is 41.6 Å². The van der Waals surface area contributed by atoms with Crippen molar-refractivity contribution in [3.8, 4) is 0 Å². The molecule has 2 aromatic heterocycles. The van der Waals surface area contributed by atoms with Gasteiger partial charge in [-0.05, 0) is 38.8 Å². The second-order valence-corrected chi connectivity index (χ2v) is 9.57. The predicted octanol–water partition coefficient (Wildman–Crippen LogP) is 3.64. The second-order valence-electron chi connectivity index (χ2n) is 8.57. The van der Waals surface area contributed by atoms with Crippen molar-refractivity contribution in [1.29, 1.82) is 0 Å². The third-order valence-corrected chi connectivity index (χ3v) is 6.14. The standard InChI is InChI=1S/C22H29N5O3S/c1-6-13(2)15(12-28)23-20(30)16-17-18(27(26-16)22(3,4)5)24-21(31-17)25-19(29)14-10-8-7-9-11-14/h7-11,13,15,28H,6,12H2,1-5H3,(H,23,30)(H,24,25,29)/t13-,15+/m0/s1. The molecule has 0 saturated carbocycles. The fourth-order valence-corrected chi connectivity index (χ4v) is 4.04. The lowest BCUT2D eigenvalue weighted by Crippen LogP contribution is -2.42. The fraction of sp³-hybridized carbons (Fsp3) is 0.455. The van der Waals surface area contributed by atoms with Crippen molar-refractivity contribution in [2.45, 2.75) is 52.6 Å². The van der Waals surface area contributed by atoms with E-state index < -0.39 is 5.54 Å². The first-order valence-corrected chi connectivity index (χ1v) is 11.2. The zero-order valence-electron chi connectivity index (χ0n) is 18.5. The van der Waals surface area contributed by atoms with Crippen LogP contribution in [0.25, 0.3) is 10.3 Å². The van der Waals surface area contributed by atoms with E-state index in [4.69, 9.17) is 0 Å². The molecular weight excluding hydrogens is 414 g/mol. The summed E-state index contributed by atoms with van der Waals surface area (Å²) < 4.78 is 2.29. The summed E-state index contributed by atoms with van der Waals surface area (Å²) in [7, 11) is 0. The van der Waals surface area contributed by atoms with Gasteiger partial charge in [-0.1, -0.05) is 49.8 Å². The van der Waals surface area contributed by atoms with E-state index in [0.717, 1.165) is 6.42 Å². The Kier molecular flexibility index (Phi) is 6.76. The fourth-order valence-electron chi connectivity index (χ4n) is 3.12. The lowest BCUT2D eigenvalue weighted by molar-refractivity contribution is 0.0886. The van der Waals surface area contributed by atoms with Crippen LogP contribution in [0.15, 0.2) is 30.3 Å². The van der Waals surface area contributed by atoms with Crippen LogP contribution in [0, 0.1) is 5.92 Å². The lowest BCUT2D eigenvalue weighted by atomic mass is 10.00. The summed E-state index contributed by atoms with van der Waals surface area (Å²) in [4.78, 5) is 30.1. The third kappa shape index (κ3) is 4.94. The molecule has 3 rings (SSSR count). The molecule has 0 aliphatic heterocycles. The Hall–Kier alpha value is -2.78. The quantitative estimate of drug-likeness (QED) is 0.517. The van der Waals surface area contributed by atoms with E-state index in [0.29, 0.717) is 21.0 Å². The Morgan fingerprint density at radius 2 is 1.87 bits per heavy atom. The average Bonchev–Trinajstić information content (AvgIpc) is 3.29. The van der Waals surface area contributed by atoms with Crippen molar-refractivity contribution in [2.75, 3.05) is 11.9 Å². The number of rotatable bonds is 7. The van der Waals surface area contributed by atoms with Gasteiger partial charge in [-0.2, -0.15) is 10.1 Å². The van der Waals surface area contributed by atoms with Crippen LogP contribution in [0.2, 0.25) is 0 Å². The molecule has 3 N–H and O–H groups in total. The molecule has 0 unspecified atom stereocenters. The summed E-state index contributed by atoms with van der Waals surface area (Å²) in [6, 6.07) is 8.52. The van der Waals surface area contributed by atoms with Gasteiger partial charge in [0.15, 0.2) is 16.5 Å². The minimum Gasteiger partial charge on any atom is -0.394 e. The molecule has 2 heterocycles. The number of amides is 2. The van der Waals surface area contributed by atoms with E-state index in [1.807, 2.05) is 40.7 Å². The number of nitrogens with one attached hydrogen (secondary N) is 2. The smallest absolute Gasteiger partial charge is 0.273 e. The monoisotopic (exact) mass is 443 g/mol. The number of benzene rings is 1. The summed E-state index contributed by atoms with van der Waals surface area (Å²) in [5, 5.41) is 20.3. The minimum absolute atomic E-state index is 0.122. The zero-order chi connectivity index (χ0) is 22.8. The van der Waals surface area contributed by atoms with Crippen LogP contribution in [0.5, 0.6) is 0 Å². The zero-order valence-corrected chi connectivity index (χ0v) is 19.3. The number of carbonyl (C=O) groups is 2. The van der Waals surface area contributed by atoms with Crippen molar-refractivity contribution in [3.63, 3.8) is 0 Å². The first-order chi connectivity index (χ1) is 14.7. The van der Waals surface area contributed by atoms with Crippen LogP contribution in [0.4, 0.5) is 5.13 Å². The van der Waals surface area contributed by atoms with Gasteiger partial charge < -0.3 is 10.4 Å². The van der Waals surface area contributed by atoms with E-state index in [1.165, 1.54) is 11.3 Å². The molecule has 0 aliphatic rings. The van der Waals surface area contributed by atoms with Crippen LogP contribution in [-0.4, -0.2) is 44.3 Å². The van der Waals surface area contributed by atoms with E-state index in [9.17, 15) is 14.7 Å². The summed E-state index contributed by atoms with van der Waals surface area (Å²) in [5.74, 6) is -0.511.